The lowest BCUT2D eigenvalue weighted by atomic mass is 10.00. The van der Waals surface area contributed by atoms with Gasteiger partial charge in [-0.3, -0.25) is 5.41 Å². The van der Waals surface area contributed by atoms with Crippen molar-refractivity contribution in [3.8, 4) is 0 Å². The van der Waals surface area contributed by atoms with E-state index in [1.54, 1.807) is 14.2 Å². The third kappa shape index (κ3) is 13.3. The molecular weight excluding hydrogens is 382 g/mol. The number of rotatable bonds is 8. The molecule has 0 aliphatic heterocycles. The first-order valence-electron chi connectivity index (χ1n) is 12.0. The molecule has 0 atom stereocenters. The second kappa shape index (κ2) is 17.1. The largest absolute Gasteiger partial charge is 0.500 e. The van der Waals surface area contributed by atoms with Gasteiger partial charge in [-0.05, 0) is 19.3 Å². The molecule has 0 unspecified atom stereocenters. The maximum atomic E-state index is 7.28. The Morgan fingerprint density at radius 1 is 0.828 bits per heavy atom. The maximum Gasteiger partial charge on any atom is 0.500 e. The standard InChI is InChI=1S/C22H47N3O3Si/c1-26-29(27-2,20-16-19-25-22(23)24)28-21-17-14-12-10-8-6-4-3-5-7-9-11-13-15-18-21/h21H,3-20H2,1-2H3,(H4,23,24,25). The van der Waals surface area contributed by atoms with E-state index in [0.29, 0.717) is 6.54 Å². The van der Waals surface area contributed by atoms with Crippen LogP contribution in [0.25, 0.3) is 0 Å². The van der Waals surface area contributed by atoms with E-state index in [1.165, 1.54) is 83.5 Å². The zero-order chi connectivity index (χ0) is 21.2. The van der Waals surface area contributed by atoms with Crippen molar-refractivity contribution in [2.24, 2.45) is 5.73 Å². The minimum absolute atomic E-state index is 0.00515. The fourth-order valence-corrected chi connectivity index (χ4v) is 6.41. The summed E-state index contributed by atoms with van der Waals surface area (Å²) in [4.78, 5) is 0. The molecule has 29 heavy (non-hydrogen) atoms. The van der Waals surface area contributed by atoms with Gasteiger partial charge in [0.2, 0.25) is 0 Å². The zero-order valence-electron chi connectivity index (χ0n) is 19.1. The molecular formula is C22H47N3O3Si. The summed E-state index contributed by atoms with van der Waals surface area (Å²) in [7, 11) is 0.747. The Morgan fingerprint density at radius 2 is 1.24 bits per heavy atom. The van der Waals surface area contributed by atoms with Gasteiger partial charge in [-0.15, -0.1) is 0 Å². The average molecular weight is 430 g/mol. The van der Waals surface area contributed by atoms with Crippen molar-refractivity contribution in [2.75, 3.05) is 20.8 Å². The summed E-state index contributed by atoms with van der Waals surface area (Å²) in [6.45, 7) is 0.644. The van der Waals surface area contributed by atoms with Crippen molar-refractivity contribution in [1.29, 1.82) is 5.41 Å². The molecule has 1 rings (SSSR count). The molecule has 4 N–H and O–H groups in total. The Bertz CT molecular complexity index is 393. The molecule has 1 fully saturated rings. The van der Waals surface area contributed by atoms with E-state index in [1.807, 2.05) is 0 Å². The molecule has 1 aliphatic rings. The Hall–Kier alpha value is -0.633. The molecule has 0 heterocycles. The zero-order valence-corrected chi connectivity index (χ0v) is 20.1. The van der Waals surface area contributed by atoms with Crippen LogP contribution in [0.1, 0.15) is 103 Å². The molecule has 0 bridgehead atoms. The molecule has 1 aliphatic carbocycles. The van der Waals surface area contributed by atoms with Crippen LogP contribution in [0.15, 0.2) is 0 Å². The minimum Gasteiger partial charge on any atom is -0.377 e. The van der Waals surface area contributed by atoms with Crippen molar-refractivity contribution < 1.29 is 13.3 Å². The Labute approximate surface area is 180 Å². The summed E-state index contributed by atoms with van der Waals surface area (Å²) >= 11 is 0. The number of hydrogen-bond acceptors (Lipinski definition) is 4. The molecule has 0 aromatic carbocycles. The van der Waals surface area contributed by atoms with Crippen LogP contribution in [0.3, 0.4) is 0 Å². The van der Waals surface area contributed by atoms with Crippen molar-refractivity contribution in [1.82, 2.24) is 5.32 Å². The number of nitrogens with two attached hydrogens (primary N) is 1. The Kier molecular flexibility index (Phi) is 15.6. The first-order chi connectivity index (χ1) is 14.1. The normalized spacial score (nSPS) is 19.7. The summed E-state index contributed by atoms with van der Waals surface area (Å²) in [6.07, 6.45) is 20.8. The van der Waals surface area contributed by atoms with Crippen LogP contribution >= 0.6 is 0 Å². The van der Waals surface area contributed by atoms with Gasteiger partial charge in [-0.25, -0.2) is 0 Å². The average Bonchev–Trinajstić information content (AvgIpc) is 2.71. The van der Waals surface area contributed by atoms with Crippen LogP contribution in [0.2, 0.25) is 6.04 Å². The molecule has 0 spiro atoms. The maximum absolute atomic E-state index is 7.28. The van der Waals surface area contributed by atoms with E-state index >= 15 is 0 Å². The fraction of sp³-hybridized carbons (Fsp3) is 0.955. The third-order valence-electron chi connectivity index (χ3n) is 6.00. The van der Waals surface area contributed by atoms with E-state index in [2.05, 4.69) is 5.32 Å². The Morgan fingerprint density at radius 3 is 1.62 bits per heavy atom. The molecule has 0 saturated heterocycles. The smallest absolute Gasteiger partial charge is 0.377 e. The van der Waals surface area contributed by atoms with Crippen molar-refractivity contribution in [2.45, 2.75) is 115 Å². The van der Waals surface area contributed by atoms with E-state index in [9.17, 15) is 0 Å². The number of guanidine groups is 1. The highest BCUT2D eigenvalue weighted by Crippen LogP contribution is 2.24. The van der Waals surface area contributed by atoms with Gasteiger partial charge in [-0.1, -0.05) is 83.5 Å². The highest BCUT2D eigenvalue weighted by molar-refractivity contribution is 6.60. The summed E-state index contributed by atoms with van der Waals surface area (Å²) in [6, 6.07) is 0.747. The summed E-state index contributed by atoms with van der Waals surface area (Å²) in [5, 5.41) is 10.1. The third-order valence-corrected chi connectivity index (χ3v) is 8.90. The quantitative estimate of drug-likeness (QED) is 0.210. The van der Waals surface area contributed by atoms with Crippen LogP contribution in [-0.2, 0) is 13.3 Å². The molecule has 6 nitrogen and oxygen atoms in total. The summed E-state index contributed by atoms with van der Waals surface area (Å²) < 4.78 is 18.2. The molecule has 172 valence electrons. The van der Waals surface area contributed by atoms with E-state index < -0.39 is 8.80 Å². The molecule has 0 radical (unpaired) electrons. The van der Waals surface area contributed by atoms with Crippen LogP contribution in [0.4, 0.5) is 0 Å². The lowest BCUT2D eigenvalue weighted by Crippen LogP contribution is -2.47. The lowest BCUT2D eigenvalue weighted by Gasteiger charge is -2.31. The van der Waals surface area contributed by atoms with Gasteiger partial charge >= 0.3 is 8.80 Å². The molecule has 0 aromatic rings. The van der Waals surface area contributed by atoms with Gasteiger partial charge in [0.1, 0.15) is 0 Å². The first kappa shape index (κ1) is 26.4. The number of hydrogen-bond donors (Lipinski definition) is 3. The predicted octanol–water partition coefficient (Wildman–Crippen LogP) is 5.34. The number of nitrogens with one attached hydrogen (secondary N) is 2. The SMILES string of the molecule is CO[Si](CCCNC(=N)N)(OC)OC1CCCCCCCCCCCCCCC1. The highest BCUT2D eigenvalue weighted by atomic mass is 28.4. The van der Waals surface area contributed by atoms with E-state index in [0.717, 1.165) is 25.3 Å². The second-order valence-corrected chi connectivity index (χ2v) is 11.4. The topological polar surface area (TPSA) is 89.6 Å². The van der Waals surface area contributed by atoms with Gasteiger partial charge in [0.15, 0.2) is 5.96 Å². The molecule has 1 saturated carbocycles. The van der Waals surface area contributed by atoms with Crippen LogP contribution in [0, 0.1) is 5.41 Å². The van der Waals surface area contributed by atoms with Gasteiger partial charge < -0.3 is 24.3 Å². The highest BCUT2D eigenvalue weighted by Gasteiger charge is 2.40. The Balaban J connectivity index is 2.54. The van der Waals surface area contributed by atoms with Gasteiger partial charge in [-0.2, -0.15) is 0 Å². The predicted molar refractivity (Wildman–Crippen MR) is 123 cm³/mol. The van der Waals surface area contributed by atoms with Gasteiger partial charge in [0.05, 0.1) is 0 Å². The van der Waals surface area contributed by atoms with Crippen molar-refractivity contribution in [3.63, 3.8) is 0 Å². The van der Waals surface area contributed by atoms with Gasteiger partial charge in [0, 0.05) is 32.9 Å². The van der Waals surface area contributed by atoms with Gasteiger partial charge in [0.25, 0.3) is 0 Å². The van der Waals surface area contributed by atoms with Crippen LogP contribution in [-0.4, -0.2) is 41.6 Å². The van der Waals surface area contributed by atoms with E-state index in [4.69, 9.17) is 24.4 Å². The molecule has 0 amide bonds. The second-order valence-electron chi connectivity index (χ2n) is 8.45. The monoisotopic (exact) mass is 429 g/mol. The lowest BCUT2D eigenvalue weighted by molar-refractivity contribution is 0.0444. The fourth-order valence-electron chi connectivity index (χ4n) is 4.18. The first-order valence-corrected chi connectivity index (χ1v) is 13.9. The van der Waals surface area contributed by atoms with Crippen LogP contribution in [0.5, 0.6) is 0 Å². The van der Waals surface area contributed by atoms with Crippen molar-refractivity contribution in [3.05, 3.63) is 0 Å². The summed E-state index contributed by atoms with van der Waals surface area (Å²) in [5.74, 6) is 0.00515. The molecule has 0 aromatic heterocycles. The van der Waals surface area contributed by atoms with Crippen molar-refractivity contribution >= 4 is 14.8 Å². The molecule has 7 heteroatoms. The summed E-state index contributed by atoms with van der Waals surface area (Å²) in [5.41, 5.74) is 5.37. The van der Waals surface area contributed by atoms with Crippen LogP contribution < -0.4 is 11.1 Å². The van der Waals surface area contributed by atoms with E-state index in [-0.39, 0.29) is 12.1 Å². The minimum atomic E-state index is -2.68.